The molecular weight excluding hydrogens is 274 g/mol. The summed E-state index contributed by atoms with van der Waals surface area (Å²) in [6.07, 6.45) is 5.43. The molecule has 22 heavy (non-hydrogen) atoms. The van der Waals surface area contributed by atoms with E-state index in [4.69, 9.17) is 0 Å². The van der Waals surface area contributed by atoms with Crippen LogP contribution in [0.25, 0.3) is 0 Å². The number of benzene rings is 1. The molecule has 0 radical (unpaired) electrons. The molecule has 2 bridgehead atoms. The summed E-state index contributed by atoms with van der Waals surface area (Å²) >= 11 is 0. The number of fused-ring (bicyclic) bond motifs is 2. The largest absolute Gasteiger partial charge is 0.378 e. The van der Waals surface area contributed by atoms with Crippen molar-refractivity contribution < 1.29 is 4.79 Å². The van der Waals surface area contributed by atoms with Crippen LogP contribution in [-0.2, 0) is 0 Å². The Morgan fingerprint density at radius 2 is 1.91 bits per heavy atom. The van der Waals surface area contributed by atoms with Gasteiger partial charge < -0.3 is 15.5 Å². The number of urea groups is 1. The fraction of sp³-hybridized carbons (Fsp3) is 0.611. The Morgan fingerprint density at radius 3 is 2.45 bits per heavy atom. The molecule has 0 aromatic heterocycles. The number of nitrogens with zero attached hydrogens (tertiary/aromatic N) is 1. The van der Waals surface area contributed by atoms with Gasteiger partial charge in [-0.2, -0.15) is 0 Å². The van der Waals surface area contributed by atoms with E-state index in [1.165, 1.54) is 25.7 Å². The van der Waals surface area contributed by atoms with Gasteiger partial charge in [0.15, 0.2) is 0 Å². The summed E-state index contributed by atoms with van der Waals surface area (Å²) in [7, 11) is 4.01. The van der Waals surface area contributed by atoms with Crippen LogP contribution >= 0.6 is 0 Å². The molecule has 2 aliphatic carbocycles. The molecule has 0 aliphatic heterocycles. The second-order valence-electron chi connectivity index (χ2n) is 7.17. The van der Waals surface area contributed by atoms with Gasteiger partial charge in [-0.3, -0.25) is 0 Å². The summed E-state index contributed by atoms with van der Waals surface area (Å²) in [6, 6.07) is 8.07. The lowest BCUT2D eigenvalue weighted by molar-refractivity contribution is 0.230. The van der Waals surface area contributed by atoms with Gasteiger partial charge in [-0.15, -0.1) is 0 Å². The molecule has 1 aromatic carbocycles. The molecular formula is C18H27N3O. The van der Waals surface area contributed by atoms with Gasteiger partial charge >= 0.3 is 6.03 Å². The van der Waals surface area contributed by atoms with Crippen molar-refractivity contribution in [1.82, 2.24) is 5.32 Å². The van der Waals surface area contributed by atoms with Gasteiger partial charge in [-0.25, -0.2) is 4.79 Å². The minimum absolute atomic E-state index is 0.0899. The third-order valence-corrected chi connectivity index (χ3v) is 5.44. The highest BCUT2D eigenvalue weighted by molar-refractivity contribution is 5.89. The fourth-order valence-electron chi connectivity index (χ4n) is 4.23. The number of hydrogen-bond acceptors (Lipinski definition) is 2. The molecule has 0 spiro atoms. The van der Waals surface area contributed by atoms with Gasteiger partial charge in [-0.05, 0) is 68.2 Å². The minimum atomic E-state index is -0.0899. The molecule has 0 saturated heterocycles. The molecule has 2 saturated carbocycles. The molecule has 2 fully saturated rings. The second kappa shape index (κ2) is 6.19. The summed E-state index contributed by atoms with van der Waals surface area (Å²) in [5.74, 6) is 2.42. The highest BCUT2D eigenvalue weighted by atomic mass is 16.2. The number of amides is 2. The van der Waals surface area contributed by atoms with Gasteiger partial charge in [0.25, 0.3) is 0 Å². The zero-order valence-electron chi connectivity index (χ0n) is 13.8. The Labute approximate surface area is 133 Å². The monoisotopic (exact) mass is 301 g/mol. The Morgan fingerprint density at radius 1 is 1.18 bits per heavy atom. The molecule has 4 nitrogen and oxygen atoms in total. The van der Waals surface area contributed by atoms with E-state index in [9.17, 15) is 4.79 Å². The third kappa shape index (κ3) is 3.21. The van der Waals surface area contributed by atoms with Gasteiger partial charge in [0, 0.05) is 31.5 Å². The number of carbonyl (C=O) groups excluding carboxylic acids is 1. The predicted octanol–water partition coefficient (Wildman–Crippen LogP) is 3.70. The minimum Gasteiger partial charge on any atom is -0.378 e. The van der Waals surface area contributed by atoms with Crippen molar-refractivity contribution in [2.45, 2.75) is 38.6 Å². The zero-order valence-corrected chi connectivity index (χ0v) is 13.8. The average molecular weight is 301 g/mol. The van der Waals surface area contributed by atoms with Gasteiger partial charge in [0.1, 0.15) is 0 Å². The Kier molecular flexibility index (Phi) is 4.27. The first-order valence-corrected chi connectivity index (χ1v) is 8.38. The summed E-state index contributed by atoms with van der Waals surface area (Å²) in [5.41, 5.74) is 1.96. The number of carbonyl (C=O) groups is 1. The predicted molar refractivity (Wildman–Crippen MR) is 91.3 cm³/mol. The number of nitrogens with one attached hydrogen (secondary N) is 2. The quantitative estimate of drug-likeness (QED) is 0.890. The van der Waals surface area contributed by atoms with Crippen LogP contribution in [-0.4, -0.2) is 26.2 Å². The highest BCUT2D eigenvalue weighted by Crippen LogP contribution is 2.49. The molecule has 2 amide bonds. The summed E-state index contributed by atoms with van der Waals surface area (Å²) < 4.78 is 0. The van der Waals surface area contributed by atoms with Crippen molar-refractivity contribution in [3.8, 4) is 0 Å². The van der Waals surface area contributed by atoms with E-state index >= 15 is 0 Å². The first-order valence-electron chi connectivity index (χ1n) is 8.38. The van der Waals surface area contributed by atoms with Crippen molar-refractivity contribution in [3.63, 3.8) is 0 Å². The van der Waals surface area contributed by atoms with Crippen LogP contribution in [0.1, 0.15) is 32.6 Å². The van der Waals surface area contributed by atoms with E-state index in [0.717, 1.165) is 23.2 Å². The summed E-state index contributed by atoms with van der Waals surface area (Å²) in [5, 5.41) is 6.07. The van der Waals surface area contributed by atoms with Crippen LogP contribution in [0.2, 0.25) is 0 Å². The Hall–Kier alpha value is -1.71. The van der Waals surface area contributed by atoms with Crippen molar-refractivity contribution in [2.24, 2.45) is 17.8 Å². The van der Waals surface area contributed by atoms with Gasteiger partial charge in [-0.1, -0.05) is 6.42 Å². The van der Waals surface area contributed by atoms with Crippen LogP contribution < -0.4 is 15.5 Å². The topological polar surface area (TPSA) is 44.4 Å². The smallest absolute Gasteiger partial charge is 0.319 e. The number of hydrogen-bond donors (Lipinski definition) is 2. The maximum atomic E-state index is 12.2. The van der Waals surface area contributed by atoms with E-state index in [-0.39, 0.29) is 12.1 Å². The number of rotatable bonds is 4. The van der Waals surface area contributed by atoms with Crippen molar-refractivity contribution in [2.75, 3.05) is 24.3 Å². The van der Waals surface area contributed by atoms with Crippen molar-refractivity contribution in [1.29, 1.82) is 0 Å². The lowest BCUT2D eigenvalue weighted by atomic mass is 9.84. The average Bonchev–Trinajstić information content (AvgIpc) is 3.10. The zero-order chi connectivity index (χ0) is 15.7. The molecule has 4 unspecified atom stereocenters. The van der Waals surface area contributed by atoms with E-state index in [0.29, 0.717) is 5.92 Å². The molecule has 2 aliphatic rings. The molecule has 120 valence electrons. The Bertz CT molecular complexity index is 526. The lowest BCUT2D eigenvalue weighted by Gasteiger charge is -2.28. The SMILES string of the molecule is CC(NC(=O)Nc1ccc(N(C)C)cc1)C1CC2CCC1C2. The second-order valence-corrected chi connectivity index (χ2v) is 7.17. The Balaban J connectivity index is 1.51. The van der Waals surface area contributed by atoms with Crippen LogP contribution in [0.4, 0.5) is 16.2 Å². The molecule has 3 rings (SSSR count). The van der Waals surface area contributed by atoms with Gasteiger partial charge in [0.05, 0.1) is 0 Å². The van der Waals surface area contributed by atoms with Crippen molar-refractivity contribution >= 4 is 17.4 Å². The van der Waals surface area contributed by atoms with Crippen LogP contribution in [0.3, 0.4) is 0 Å². The molecule has 2 N–H and O–H groups in total. The van der Waals surface area contributed by atoms with Crippen molar-refractivity contribution in [3.05, 3.63) is 24.3 Å². The molecule has 4 atom stereocenters. The third-order valence-electron chi connectivity index (χ3n) is 5.44. The lowest BCUT2D eigenvalue weighted by Crippen LogP contribution is -2.42. The van der Waals surface area contributed by atoms with Gasteiger partial charge in [0.2, 0.25) is 0 Å². The highest BCUT2D eigenvalue weighted by Gasteiger charge is 2.42. The van der Waals surface area contributed by atoms with Crippen LogP contribution in [0.5, 0.6) is 0 Å². The van der Waals surface area contributed by atoms with E-state index in [1.807, 2.05) is 43.3 Å². The van der Waals surface area contributed by atoms with Crippen LogP contribution in [0.15, 0.2) is 24.3 Å². The molecule has 0 heterocycles. The first-order chi connectivity index (χ1) is 10.5. The van der Waals surface area contributed by atoms with E-state index in [2.05, 4.69) is 17.6 Å². The van der Waals surface area contributed by atoms with E-state index in [1.54, 1.807) is 0 Å². The summed E-state index contributed by atoms with van der Waals surface area (Å²) in [4.78, 5) is 14.2. The number of anilines is 2. The molecule has 4 heteroatoms. The fourth-order valence-corrected chi connectivity index (χ4v) is 4.23. The van der Waals surface area contributed by atoms with Crippen LogP contribution in [0, 0.1) is 17.8 Å². The molecule has 1 aromatic rings. The standard InChI is InChI=1S/C18H27N3O/c1-12(17-11-13-4-5-14(17)10-13)19-18(22)20-15-6-8-16(9-7-15)21(2)3/h6-9,12-14,17H,4-5,10-11H2,1-3H3,(H2,19,20,22). The normalized spacial score (nSPS) is 27.5. The first kappa shape index (κ1) is 15.2. The van der Waals surface area contributed by atoms with E-state index < -0.39 is 0 Å². The maximum Gasteiger partial charge on any atom is 0.319 e. The summed E-state index contributed by atoms with van der Waals surface area (Å²) in [6.45, 7) is 2.15. The maximum absolute atomic E-state index is 12.2.